The molecule has 2 fully saturated rings. The number of nitrogens with zero attached hydrogens (tertiary/aromatic N) is 3. The van der Waals surface area contributed by atoms with Gasteiger partial charge in [0.15, 0.2) is 0 Å². The minimum Gasteiger partial charge on any atom is -0.350 e. The molecule has 2 aliphatic rings. The second-order valence-electron chi connectivity index (χ2n) is 19.5. The van der Waals surface area contributed by atoms with E-state index in [1.807, 2.05) is 53.9 Å². The maximum atomic E-state index is 13.5. The summed E-state index contributed by atoms with van der Waals surface area (Å²) in [7, 11) is 6.18. The molecule has 2 saturated heterocycles. The van der Waals surface area contributed by atoms with E-state index in [1.54, 1.807) is 0 Å². The Morgan fingerprint density at radius 2 is 1.02 bits per heavy atom. The fourth-order valence-corrected chi connectivity index (χ4v) is 10.2. The molecule has 346 valence electrons. The summed E-state index contributed by atoms with van der Waals surface area (Å²) in [5.41, 5.74) is 12.7. The monoisotopic (exact) mass is 883 g/mol. The molecule has 5 N–H and O–H groups in total. The van der Waals surface area contributed by atoms with Crippen LogP contribution in [-0.2, 0) is 27.2 Å². The number of rotatable bonds is 10. The Hall–Kier alpha value is -5.72. The van der Waals surface area contributed by atoms with E-state index in [1.165, 1.54) is 27.6 Å². The number of pyridine rings is 2. The summed E-state index contributed by atoms with van der Waals surface area (Å²) < 4.78 is 4.14. The van der Waals surface area contributed by atoms with Gasteiger partial charge in [0.05, 0.1) is 22.2 Å². The lowest BCUT2D eigenvalue weighted by atomic mass is 9.86. The molecule has 65 heavy (non-hydrogen) atoms. The zero-order chi connectivity index (χ0) is 46.9. The SMILES string of the molecule is Cc1cc(C)c(CNC(=O)c2cc(C3CCN(C)CC3)cc3c(C(C)C)cn(C)c23)c(=O)[nH]1.Cc1cc(C)c(CNC(=O)c2cc(C3CCNCC3)cc3c(C(C)C)cn(C)c23)c(=O)[nH]1. The minimum absolute atomic E-state index is 0.134. The number of hydrogen-bond acceptors (Lipinski definition) is 6. The zero-order valence-corrected chi connectivity index (χ0v) is 40.5. The molecule has 0 bridgehead atoms. The number of piperidine rings is 2. The van der Waals surface area contributed by atoms with Gasteiger partial charge in [-0.05, 0) is 180 Å². The van der Waals surface area contributed by atoms with E-state index in [-0.39, 0.29) is 36.0 Å². The van der Waals surface area contributed by atoms with Crippen molar-refractivity contribution in [3.63, 3.8) is 0 Å². The standard InChI is InChI=1S/C27H36N4O2.C26H34N4O2/c1-16(2)24-15-31(6)25-21(24)12-20(19-7-9-30(5)10-8-19)13-22(25)26(32)28-14-23-17(3)11-18(4)29-27(23)33;1-15(2)23-14-30(5)24-20(23)11-19(18-6-8-27-9-7-18)12-21(24)25(31)28-13-22-16(3)10-17(4)29-26(22)32/h11-13,15-16,19H,7-10,14H2,1-6H3,(H,28,32)(H,29,33);10-12,14-15,18,27H,6-9,13H2,1-5H3,(H,28,31)(H,29,32). The van der Waals surface area contributed by atoms with Crippen molar-refractivity contribution in [2.75, 3.05) is 33.2 Å². The molecule has 8 rings (SSSR count). The third-order valence-electron chi connectivity index (χ3n) is 13.8. The van der Waals surface area contributed by atoms with Gasteiger partial charge in [0, 0.05) is 72.9 Å². The van der Waals surface area contributed by atoms with Gasteiger partial charge in [-0.15, -0.1) is 0 Å². The number of carbonyl (C=O) groups is 2. The average molecular weight is 883 g/mol. The van der Waals surface area contributed by atoms with Gasteiger partial charge in [-0.2, -0.15) is 0 Å². The molecule has 12 nitrogen and oxygen atoms in total. The van der Waals surface area contributed by atoms with Gasteiger partial charge >= 0.3 is 0 Å². The highest BCUT2D eigenvalue weighted by Crippen LogP contribution is 2.37. The summed E-state index contributed by atoms with van der Waals surface area (Å²) in [4.78, 5) is 59.8. The van der Waals surface area contributed by atoms with Crippen molar-refractivity contribution in [2.45, 2.75) is 118 Å². The van der Waals surface area contributed by atoms with Gasteiger partial charge < -0.3 is 40.0 Å². The highest BCUT2D eigenvalue weighted by molar-refractivity contribution is 6.08. The Bertz CT molecular complexity index is 2840. The number of amides is 2. The summed E-state index contributed by atoms with van der Waals surface area (Å²) in [5.74, 6) is 1.37. The maximum Gasteiger partial charge on any atom is 0.253 e. The molecular formula is C53H70N8O4. The number of likely N-dealkylation sites (tertiary alicyclic amines) is 1. The first-order valence-electron chi connectivity index (χ1n) is 23.5. The van der Waals surface area contributed by atoms with Crippen LogP contribution in [0.1, 0.15) is 154 Å². The Morgan fingerprint density at radius 1 is 0.615 bits per heavy atom. The summed E-state index contributed by atoms with van der Waals surface area (Å²) in [6.45, 7) is 20.9. The Labute approximate surface area is 383 Å². The van der Waals surface area contributed by atoms with Gasteiger partial charge in [-0.1, -0.05) is 27.7 Å². The molecule has 6 heterocycles. The number of aryl methyl sites for hydroxylation is 6. The first-order valence-corrected chi connectivity index (χ1v) is 23.5. The van der Waals surface area contributed by atoms with Crippen LogP contribution in [0.5, 0.6) is 0 Å². The minimum atomic E-state index is -0.141. The topological polar surface area (TPSA) is 149 Å². The number of carbonyl (C=O) groups excluding carboxylic acids is 2. The fraction of sp³-hybridized carbons (Fsp3) is 0.472. The molecule has 2 amide bonds. The van der Waals surface area contributed by atoms with Gasteiger partial charge in [0.25, 0.3) is 22.9 Å². The second kappa shape index (κ2) is 19.8. The van der Waals surface area contributed by atoms with Crippen molar-refractivity contribution in [3.8, 4) is 0 Å². The van der Waals surface area contributed by atoms with E-state index in [0.717, 1.165) is 90.8 Å². The van der Waals surface area contributed by atoms with Crippen molar-refractivity contribution < 1.29 is 9.59 Å². The first kappa shape index (κ1) is 47.2. The van der Waals surface area contributed by atoms with E-state index in [4.69, 9.17) is 0 Å². The number of benzene rings is 2. The average Bonchev–Trinajstić information content (AvgIpc) is 3.79. The van der Waals surface area contributed by atoms with Gasteiger partial charge in [-0.3, -0.25) is 19.2 Å². The first-order chi connectivity index (χ1) is 30.9. The van der Waals surface area contributed by atoms with Gasteiger partial charge in [0.2, 0.25) is 0 Å². The number of aromatic amines is 2. The molecule has 0 unspecified atom stereocenters. The van der Waals surface area contributed by atoms with E-state index in [9.17, 15) is 19.2 Å². The number of fused-ring (bicyclic) bond motifs is 2. The van der Waals surface area contributed by atoms with Crippen molar-refractivity contribution in [1.29, 1.82) is 0 Å². The zero-order valence-electron chi connectivity index (χ0n) is 40.5. The lowest BCUT2D eigenvalue weighted by Crippen LogP contribution is -2.30. The molecule has 6 aromatic rings. The molecule has 2 aromatic carbocycles. The van der Waals surface area contributed by atoms with E-state index in [0.29, 0.717) is 45.9 Å². The lowest BCUT2D eigenvalue weighted by molar-refractivity contribution is 0.0943. The molecule has 0 radical (unpaired) electrons. The molecule has 12 heteroatoms. The maximum absolute atomic E-state index is 13.5. The molecular weight excluding hydrogens is 813 g/mol. The quantitative estimate of drug-likeness (QED) is 0.0935. The highest BCUT2D eigenvalue weighted by Gasteiger charge is 2.26. The van der Waals surface area contributed by atoms with Crippen molar-refractivity contribution >= 4 is 33.6 Å². The van der Waals surface area contributed by atoms with Crippen LogP contribution in [0.4, 0.5) is 0 Å². The summed E-state index contributed by atoms with van der Waals surface area (Å²) >= 11 is 0. The lowest BCUT2D eigenvalue weighted by Gasteiger charge is -2.29. The van der Waals surface area contributed by atoms with Crippen molar-refractivity contribution in [3.05, 3.63) is 137 Å². The normalized spacial score (nSPS) is 15.2. The number of aromatic nitrogens is 4. The predicted molar refractivity (Wildman–Crippen MR) is 264 cm³/mol. The molecule has 0 aliphatic carbocycles. The van der Waals surface area contributed by atoms with E-state index in [2.05, 4.69) is 111 Å². The largest absolute Gasteiger partial charge is 0.350 e. The third-order valence-corrected chi connectivity index (χ3v) is 13.8. The van der Waals surface area contributed by atoms with Crippen LogP contribution >= 0.6 is 0 Å². The van der Waals surface area contributed by atoms with Crippen LogP contribution in [0.3, 0.4) is 0 Å². The van der Waals surface area contributed by atoms with E-state index < -0.39 is 0 Å². The molecule has 4 aromatic heterocycles. The van der Waals surface area contributed by atoms with Crippen LogP contribution < -0.4 is 27.1 Å². The molecule has 0 atom stereocenters. The number of H-pyrrole nitrogens is 2. The Morgan fingerprint density at radius 3 is 1.40 bits per heavy atom. The fourth-order valence-electron chi connectivity index (χ4n) is 10.2. The van der Waals surface area contributed by atoms with E-state index >= 15 is 0 Å². The predicted octanol–water partition coefficient (Wildman–Crippen LogP) is 8.35. The second-order valence-corrected chi connectivity index (χ2v) is 19.5. The summed E-state index contributed by atoms with van der Waals surface area (Å²) in [6.07, 6.45) is 8.66. The smallest absolute Gasteiger partial charge is 0.253 e. The molecule has 0 spiro atoms. The number of nitrogens with one attached hydrogen (secondary N) is 5. The van der Waals surface area contributed by atoms with Crippen LogP contribution in [-0.4, -0.2) is 69.0 Å². The molecule has 0 saturated carbocycles. The van der Waals surface area contributed by atoms with Gasteiger partial charge in [0.1, 0.15) is 0 Å². The van der Waals surface area contributed by atoms with Crippen LogP contribution in [0.2, 0.25) is 0 Å². The molecule has 2 aliphatic heterocycles. The highest BCUT2D eigenvalue weighted by atomic mass is 16.2. The van der Waals surface area contributed by atoms with Crippen molar-refractivity contribution in [1.82, 2.24) is 40.0 Å². The van der Waals surface area contributed by atoms with Gasteiger partial charge in [-0.25, -0.2) is 0 Å². The van der Waals surface area contributed by atoms with Crippen LogP contribution in [0.15, 0.2) is 58.4 Å². The third kappa shape index (κ3) is 10.2. The summed E-state index contributed by atoms with van der Waals surface area (Å²) in [6, 6.07) is 12.6. The van der Waals surface area contributed by atoms with Crippen molar-refractivity contribution in [2.24, 2.45) is 14.1 Å². The Balaban J connectivity index is 0.000000194. The van der Waals surface area contributed by atoms with Crippen LogP contribution in [0, 0.1) is 27.7 Å². The number of hydrogen-bond donors (Lipinski definition) is 5. The summed E-state index contributed by atoms with van der Waals surface area (Å²) in [5, 5.41) is 11.8. The van der Waals surface area contributed by atoms with Crippen LogP contribution in [0.25, 0.3) is 21.8 Å². The Kier molecular flexibility index (Phi) is 14.4.